The minimum absolute atomic E-state index is 0.0133. The van der Waals surface area contributed by atoms with Gasteiger partial charge in [0.2, 0.25) is 47.3 Å². The van der Waals surface area contributed by atoms with Crippen LogP contribution in [0.15, 0.2) is 9.98 Å². The van der Waals surface area contributed by atoms with Crippen molar-refractivity contribution in [2.24, 2.45) is 56.2 Å². The lowest BCUT2D eigenvalue weighted by atomic mass is 9.96. The summed E-state index contributed by atoms with van der Waals surface area (Å²) in [5, 5.41) is 36.3. The molecule has 8 amide bonds. The molecule has 0 aliphatic heterocycles. The van der Waals surface area contributed by atoms with Crippen molar-refractivity contribution < 1.29 is 53.4 Å². The number of nitrogens with zero attached hydrogens (tertiary/aromatic N) is 2. The number of carboxylic acids is 1. The van der Waals surface area contributed by atoms with E-state index in [-0.39, 0.29) is 69.5 Å². The van der Waals surface area contributed by atoms with E-state index >= 15 is 0 Å². The quantitative estimate of drug-likeness (QED) is 0.0166. The standard InChI is InChI=1S/C38H71N15O11S/c1-6-20(4)29(35(62)51-24(36(63)64)10-8-13-46-38(43)44)53-34(61)25(15-19(2)3)52-33(60)26(16-27(40)55)48-28(56)17-47-31(58)23(11-14-65-5)50-32(59)22(9-7-12-45-37(41)42)49-30(57)21(39)18-54/h19-26,29,54H,6-18,39H2,1-5H3,(H2,40,55)(H,47,58)(H,48,56)(H,49,57)(H,50,59)(H,51,62)(H,52,60)(H,53,61)(H,63,64)(H4,41,42,45)(H4,43,44,46)/t20-,21-,22-,23-,24-,25-,26-,29-/m0/s1. The molecule has 0 rings (SSSR count). The molecule has 0 saturated heterocycles. The number of primary amides is 1. The molecule has 0 aromatic rings. The van der Waals surface area contributed by atoms with Gasteiger partial charge in [-0.3, -0.25) is 48.3 Å². The number of nitrogens with one attached hydrogen (secondary N) is 7. The summed E-state index contributed by atoms with van der Waals surface area (Å²) in [5.74, 6) is -9.02. The maximum atomic E-state index is 13.8. The fraction of sp³-hybridized carbons (Fsp3) is 0.711. The highest BCUT2D eigenvalue weighted by atomic mass is 32.2. The van der Waals surface area contributed by atoms with Crippen molar-refractivity contribution in [1.29, 1.82) is 0 Å². The van der Waals surface area contributed by atoms with Crippen molar-refractivity contribution in [3.05, 3.63) is 0 Å². The lowest BCUT2D eigenvalue weighted by Gasteiger charge is -2.29. The molecule has 65 heavy (non-hydrogen) atoms. The summed E-state index contributed by atoms with van der Waals surface area (Å²) in [7, 11) is 0. The molecule has 0 aromatic carbocycles. The van der Waals surface area contributed by atoms with Crippen molar-refractivity contribution in [2.75, 3.05) is 38.2 Å². The number of aliphatic hydroxyl groups excluding tert-OH is 1. The summed E-state index contributed by atoms with van der Waals surface area (Å²) in [6, 6.07) is -9.31. The summed E-state index contributed by atoms with van der Waals surface area (Å²) in [6.45, 7) is 5.71. The fourth-order valence-corrected chi connectivity index (χ4v) is 6.28. The molecule has 0 radical (unpaired) electrons. The number of carbonyl (C=O) groups excluding carboxylic acids is 8. The number of aliphatic imine (C=N–C) groups is 2. The molecule has 8 atom stereocenters. The third-order valence-electron chi connectivity index (χ3n) is 9.53. The lowest BCUT2D eigenvalue weighted by molar-refractivity contribution is -0.143. The number of amides is 8. The first-order valence-electron chi connectivity index (χ1n) is 21.0. The maximum absolute atomic E-state index is 13.8. The Morgan fingerprint density at radius 2 is 1.12 bits per heavy atom. The monoisotopic (exact) mass is 946 g/mol. The van der Waals surface area contributed by atoms with Crippen LogP contribution in [0.4, 0.5) is 0 Å². The van der Waals surface area contributed by atoms with Gasteiger partial charge in [0.25, 0.3) is 0 Å². The van der Waals surface area contributed by atoms with Gasteiger partial charge in [-0.1, -0.05) is 34.1 Å². The molecule has 0 heterocycles. The summed E-state index contributed by atoms with van der Waals surface area (Å²) in [6.07, 6.45) is 1.97. The summed E-state index contributed by atoms with van der Waals surface area (Å²) >= 11 is 1.35. The third kappa shape index (κ3) is 25.2. The number of thioether (sulfide) groups is 1. The van der Waals surface area contributed by atoms with Crippen molar-refractivity contribution in [2.45, 2.75) is 121 Å². The van der Waals surface area contributed by atoms with E-state index in [4.69, 9.17) is 34.4 Å². The Labute approximate surface area is 382 Å². The Hall–Kier alpha value is -5.96. The van der Waals surface area contributed by atoms with Crippen LogP contribution < -0.4 is 71.6 Å². The zero-order chi connectivity index (χ0) is 49.8. The average Bonchev–Trinajstić information content (AvgIpc) is 3.23. The van der Waals surface area contributed by atoms with Gasteiger partial charge in [-0.05, 0) is 62.4 Å². The van der Waals surface area contributed by atoms with E-state index in [0.717, 1.165) is 0 Å². The van der Waals surface area contributed by atoms with Crippen LogP contribution in [0.3, 0.4) is 0 Å². The zero-order valence-electron chi connectivity index (χ0n) is 37.7. The average molecular weight is 946 g/mol. The number of hydrogen-bond donors (Lipinski definition) is 15. The predicted molar refractivity (Wildman–Crippen MR) is 243 cm³/mol. The molecule has 21 N–H and O–H groups in total. The Bertz CT molecular complexity index is 1660. The number of guanidine groups is 2. The smallest absolute Gasteiger partial charge is 0.326 e. The van der Waals surface area contributed by atoms with E-state index in [1.54, 1.807) is 34.0 Å². The summed E-state index contributed by atoms with van der Waals surface area (Å²) < 4.78 is 0. The molecular formula is C38H71N15O11S. The zero-order valence-corrected chi connectivity index (χ0v) is 38.5. The SMILES string of the molecule is CC[C@H](C)[C@H](NC(=O)[C@H](CC(C)C)NC(=O)[C@H](CC(N)=O)NC(=O)CNC(=O)[C@H](CCSC)NC(=O)[C@H](CCCN=C(N)N)NC(=O)[C@@H](N)CO)C(=O)N[C@@H](CCCN=C(N)N)C(=O)O. The molecular weight excluding hydrogens is 875 g/mol. The van der Waals surface area contributed by atoms with Gasteiger partial charge in [-0.25, -0.2) is 4.79 Å². The van der Waals surface area contributed by atoms with Crippen molar-refractivity contribution in [3.63, 3.8) is 0 Å². The van der Waals surface area contributed by atoms with Crippen LogP contribution in [-0.4, -0.2) is 156 Å². The third-order valence-corrected chi connectivity index (χ3v) is 10.2. The maximum Gasteiger partial charge on any atom is 0.326 e. The van der Waals surface area contributed by atoms with Crippen molar-refractivity contribution in [1.82, 2.24) is 37.2 Å². The number of carbonyl (C=O) groups is 9. The second kappa shape index (κ2) is 31.8. The minimum atomic E-state index is -1.64. The van der Waals surface area contributed by atoms with Crippen LogP contribution >= 0.6 is 11.8 Å². The Morgan fingerprint density at radius 3 is 1.62 bits per heavy atom. The van der Waals surface area contributed by atoms with Gasteiger partial charge in [0.1, 0.15) is 42.3 Å². The van der Waals surface area contributed by atoms with E-state index in [2.05, 4.69) is 47.2 Å². The molecule has 27 heteroatoms. The molecule has 0 aliphatic carbocycles. The summed E-state index contributed by atoms with van der Waals surface area (Å²) in [4.78, 5) is 125. The van der Waals surface area contributed by atoms with Gasteiger partial charge in [-0.2, -0.15) is 11.8 Å². The summed E-state index contributed by atoms with van der Waals surface area (Å²) in [5.41, 5.74) is 32.3. The second-order valence-electron chi connectivity index (χ2n) is 15.6. The van der Waals surface area contributed by atoms with Crippen molar-refractivity contribution >= 4 is 76.9 Å². The first-order valence-corrected chi connectivity index (χ1v) is 22.4. The molecule has 0 spiro atoms. The van der Waals surface area contributed by atoms with Crippen LogP contribution in [-0.2, 0) is 43.2 Å². The Balaban J connectivity index is 6.09. The number of aliphatic carboxylic acids is 1. The highest BCUT2D eigenvalue weighted by Gasteiger charge is 2.34. The van der Waals surface area contributed by atoms with Crippen LogP contribution in [0.25, 0.3) is 0 Å². The normalized spacial score (nSPS) is 14.6. The largest absolute Gasteiger partial charge is 0.480 e. The number of aliphatic hydroxyl groups is 1. The van der Waals surface area contributed by atoms with E-state index < -0.39 is 121 Å². The molecule has 0 bridgehead atoms. The van der Waals surface area contributed by atoms with E-state index in [1.165, 1.54) is 11.8 Å². The van der Waals surface area contributed by atoms with Gasteiger partial charge >= 0.3 is 5.97 Å². The van der Waals surface area contributed by atoms with Crippen LogP contribution in [0.1, 0.15) is 79.1 Å². The first kappa shape index (κ1) is 59.0. The number of rotatable bonds is 33. The van der Waals surface area contributed by atoms with Gasteiger partial charge in [0.15, 0.2) is 11.9 Å². The van der Waals surface area contributed by atoms with Gasteiger partial charge in [0, 0.05) is 13.1 Å². The molecule has 26 nitrogen and oxygen atoms in total. The van der Waals surface area contributed by atoms with Crippen LogP contribution in [0, 0.1) is 11.8 Å². The lowest BCUT2D eigenvalue weighted by Crippen LogP contribution is -2.60. The minimum Gasteiger partial charge on any atom is -0.480 e. The highest BCUT2D eigenvalue weighted by Crippen LogP contribution is 2.13. The van der Waals surface area contributed by atoms with Gasteiger partial charge in [-0.15, -0.1) is 0 Å². The molecule has 0 aliphatic rings. The molecule has 0 saturated carbocycles. The number of carboxylic acid groups (broad SMARTS) is 1. The van der Waals surface area contributed by atoms with Crippen LogP contribution in [0.5, 0.6) is 0 Å². The van der Waals surface area contributed by atoms with E-state index in [9.17, 15) is 53.4 Å². The Morgan fingerprint density at radius 1 is 0.631 bits per heavy atom. The van der Waals surface area contributed by atoms with E-state index in [0.29, 0.717) is 12.2 Å². The van der Waals surface area contributed by atoms with Gasteiger partial charge < -0.3 is 81.8 Å². The van der Waals surface area contributed by atoms with Gasteiger partial charge in [0.05, 0.1) is 19.6 Å². The second-order valence-corrected chi connectivity index (χ2v) is 16.5. The molecule has 0 unspecified atom stereocenters. The van der Waals surface area contributed by atoms with Crippen LogP contribution in [0.2, 0.25) is 0 Å². The fourth-order valence-electron chi connectivity index (χ4n) is 5.81. The van der Waals surface area contributed by atoms with E-state index in [1.807, 2.05) is 0 Å². The topological polar surface area (TPSA) is 459 Å². The van der Waals surface area contributed by atoms with Crippen molar-refractivity contribution in [3.8, 4) is 0 Å². The predicted octanol–water partition coefficient (Wildman–Crippen LogP) is -5.76. The number of nitrogens with two attached hydrogens (primary N) is 6. The molecule has 0 fully saturated rings. The molecule has 370 valence electrons. The number of hydrogen-bond acceptors (Lipinski definition) is 14. The Kier molecular flexibility index (Phi) is 28.9. The molecule has 0 aromatic heterocycles. The first-order chi connectivity index (χ1) is 30.5. The highest BCUT2D eigenvalue weighted by molar-refractivity contribution is 7.98.